The van der Waals surface area contributed by atoms with Gasteiger partial charge in [0.05, 0.1) is 13.7 Å². The van der Waals surface area contributed by atoms with Crippen LogP contribution in [0.1, 0.15) is 27.8 Å². The molecular weight excluding hydrogens is 637 g/mol. The molecule has 258 valence electrons. The van der Waals surface area contributed by atoms with Crippen molar-refractivity contribution in [3.8, 4) is 28.0 Å². The van der Waals surface area contributed by atoms with Gasteiger partial charge >= 0.3 is 0 Å². The first-order valence-electron chi connectivity index (χ1n) is 17.7. The normalized spacial score (nSPS) is 11.0. The van der Waals surface area contributed by atoms with Gasteiger partial charge in [0.1, 0.15) is 5.75 Å². The maximum Gasteiger partial charge on any atom is 0.119 e. The highest BCUT2D eigenvalue weighted by molar-refractivity contribution is 5.83. The second-order valence-electron chi connectivity index (χ2n) is 13.3. The molecule has 4 nitrogen and oxygen atoms in total. The van der Waals surface area contributed by atoms with Crippen LogP contribution in [-0.4, -0.2) is 12.2 Å². The molecule has 7 aromatic rings. The minimum atomic E-state index is 0.0289. The second kappa shape index (κ2) is 15.0. The predicted molar refractivity (Wildman–Crippen MR) is 218 cm³/mol. The first kappa shape index (κ1) is 34.4. The Morgan fingerprint density at radius 3 is 1.19 bits per heavy atom. The Morgan fingerprint density at radius 1 is 0.423 bits per heavy atom. The molecule has 52 heavy (non-hydrogen) atoms. The van der Waals surface area contributed by atoms with Gasteiger partial charge in [0, 0.05) is 34.1 Å². The SMILES string of the molecule is COc1ccc(N(c2ccc(-c3ccc(-c4ccc(N(c5ccccc5C)c5ccc(CO)cc5C)cc4)cc3)cc2)c2ccccc2C)c(C)c1. The van der Waals surface area contributed by atoms with E-state index in [0.29, 0.717) is 0 Å². The molecule has 0 aliphatic rings. The number of benzene rings is 7. The maximum atomic E-state index is 9.71. The molecule has 0 unspecified atom stereocenters. The number of rotatable bonds is 10. The molecule has 0 aliphatic carbocycles. The summed E-state index contributed by atoms with van der Waals surface area (Å²) in [6, 6.07) is 55.8. The van der Waals surface area contributed by atoms with Crippen LogP contribution in [0.4, 0.5) is 34.1 Å². The number of hydrogen-bond donors (Lipinski definition) is 1. The standard InChI is InChI=1S/C48H44N2O2/c1-33-10-6-8-12-45(33)49(47-28-14-37(32-51)30-35(47)3)42-23-19-40(20-24-42)38-15-17-39(18-16-38)41-21-25-43(26-22-41)50(46-13-9-7-11-34(46)2)48-29-27-44(52-5)31-36(48)4/h6-31,51H,32H2,1-5H3. The van der Waals surface area contributed by atoms with Crippen molar-refractivity contribution < 1.29 is 9.84 Å². The Kier molecular flexibility index (Phi) is 9.92. The molecule has 0 amide bonds. The van der Waals surface area contributed by atoms with E-state index in [9.17, 15) is 5.11 Å². The zero-order chi connectivity index (χ0) is 36.2. The van der Waals surface area contributed by atoms with Crippen molar-refractivity contribution in [2.45, 2.75) is 34.3 Å². The van der Waals surface area contributed by atoms with E-state index in [1.54, 1.807) is 7.11 Å². The lowest BCUT2D eigenvalue weighted by molar-refractivity contribution is 0.282. The highest BCUT2D eigenvalue weighted by Crippen LogP contribution is 2.41. The molecule has 7 aromatic carbocycles. The number of ether oxygens (including phenoxy) is 1. The Balaban J connectivity index is 1.16. The van der Waals surface area contributed by atoms with Crippen LogP contribution in [0.25, 0.3) is 22.3 Å². The fourth-order valence-electron chi connectivity index (χ4n) is 6.98. The number of aliphatic hydroxyl groups is 1. The van der Waals surface area contributed by atoms with Gasteiger partial charge in [0.2, 0.25) is 0 Å². The predicted octanol–water partition coefficient (Wildman–Crippen LogP) is 12.7. The zero-order valence-corrected chi connectivity index (χ0v) is 30.5. The molecule has 4 heteroatoms. The number of methoxy groups -OCH3 is 1. The minimum absolute atomic E-state index is 0.0289. The van der Waals surface area contributed by atoms with Crippen LogP contribution < -0.4 is 14.5 Å². The van der Waals surface area contributed by atoms with Crippen LogP contribution in [0, 0.1) is 27.7 Å². The monoisotopic (exact) mass is 680 g/mol. The lowest BCUT2D eigenvalue weighted by Crippen LogP contribution is -2.12. The molecule has 0 aromatic heterocycles. The van der Waals surface area contributed by atoms with Gasteiger partial charge in [-0.2, -0.15) is 0 Å². The second-order valence-corrected chi connectivity index (χ2v) is 13.3. The van der Waals surface area contributed by atoms with Crippen LogP contribution in [-0.2, 0) is 6.61 Å². The Labute approximate surface area is 307 Å². The summed E-state index contributed by atoms with van der Waals surface area (Å²) in [4.78, 5) is 4.63. The smallest absolute Gasteiger partial charge is 0.119 e. The van der Waals surface area contributed by atoms with E-state index in [1.807, 2.05) is 12.1 Å². The van der Waals surface area contributed by atoms with Crippen molar-refractivity contribution >= 4 is 34.1 Å². The summed E-state index contributed by atoms with van der Waals surface area (Å²) >= 11 is 0. The van der Waals surface area contributed by atoms with Gasteiger partial charge in [0.15, 0.2) is 0 Å². The molecular formula is C48H44N2O2. The van der Waals surface area contributed by atoms with Crippen LogP contribution in [0.5, 0.6) is 5.75 Å². The first-order valence-corrected chi connectivity index (χ1v) is 17.7. The summed E-state index contributed by atoms with van der Waals surface area (Å²) in [6.45, 7) is 8.56. The molecule has 0 radical (unpaired) electrons. The average Bonchev–Trinajstić information content (AvgIpc) is 3.18. The molecule has 0 spiro atoms. The number of nitrogens with zero attached hydrogens (tertiary/aromatic N) is 2. The van der Waals surface area contributed by atoms with E-state index < -0.39 is 0 Å². The average molecular weight is 681 g/mol. The minimum Gasteiger partial charge on any atom is -0.497 e. The zero-order valence-electron chi connectivity index (χ0n) is 30.5. The summed E-state index contributed by atoms with van der Waals surface area (Å²) in [5.41, 5.74) is 16.9. The molecule has 0 saturated carbocycles. The molecule has 0 aliphatic heterocycles. The Hall–Kier alpha value is -6.10. The fourth-order valence-corrected chi connectivity index (χ4v) is 6.98. The van der Waals surface area contributed by atoms with E-state index in [1.165, 1.54) is 27.8 Å². The van der Waals surface area contributed by atoms with Crippen LogP contribution in [0.2, 0.25) is 0 Å². The van der Waals surface area contributed by atoms with Gasteiger partial charge in [-0.1, -0.05) is 97.1 Å². The van der Waals surface area contributed by atoms with Gasteiger partial charge in [-0.25, -0.2) is 0 Å². The van der Waals surface area contributed by atoms with Crippen molar-refractivity contribution in [2.75, 3.05) is 16.9 Å². The molecule has 0 atom stereocenters. The number of anilines is 6. The number of hydrogen-bond acceptors (Lipinski definition) is 4. The van der Waals surface area contributed by atoms with Gasteiger partial charge < -0.3 is 19.6 Å². The summed E-state index contributed by atoms with van der Waals surface area (Å²) < 4.78 is 5.50. The van der Waals surface area contributed by atoms with Crippen molar-refractivity contribution in [3.63, 3.8) is 0 Å². The third kappa shape index (κ3) is 6.94. The van der Waals surface area contributed by atoms with Crippen LogP contribution >= 0.6 is 0 Å². The number of aliphatic hydroxyl groups excluding tert-OH is 1. The van der Waals surface area contributed by atoms with E-state index in [0.717, 1.165) is 62.1 Å². The highest BCUT2D eigenvalue weighted by atomic mass is 16.5. The quantitative estimate of drug-likeness (QED) is 0.156. The van der Waals surface area contributed by atoms with Gasteiger partial charge in [-0.05, 0) is 138 Å². The maximum absolute atomic E-state index is 9.71. The van der Waals surface area contributed by atoms with Crippen molar-refractivity contribution in [1.29, 1.82) is 0 Å². The van der Waals surface area contributed by atoms with Gasteiger partial charge in [-0.3, -0.25) is 0 Å². The summed E-state index contributed by atoms with van der Waals surface area (Å²) in [6.07, 6.45) is 0. The van der Waals surface area contributed by atoms with Crippen LogP contribution in [0.3, 0.4) is 0 Å². The van der Waals surface area contributed by atoms with Crippen molar-refractivity contribution in [1.82, 2.24) is 0 Å². The van der Waals surface area contributed by atoms with Gasteiger partial charge in [-0.15, -0.1) is 0 Å². The molecule has 0 fully saturated rings. The Bertz CT molecular complexity index is 2140. The molecule has 0 bridgehead atoms. The van der Waals surface area contributed by atoms with Crippen LogP contribution in [0.15, 0.2) is 158 Å². The fraction of sp³-hybridized carbons (Fsp3) is 0.125. The third-order valence-electron chi connectivity index (χ3n) is 9.84. The lowest BCUT2D eigenvalue weighted by atomic mass is 9.99. The highest BCUT2D eigenvalue weighted by Gasteiger charge is 2.18. The van der Waals surface area contributed by atoms with Gasteiger partial charge in [0.25, 0.3) is 0 Å². The molecule has 1 N–H and O–H groups in total. The molecule has 7 rings (SSSR count). The van der Waals surface area contributed by atoms with E-state index in [-0.39, 0.29) is 6.61 Å². The van der Waals surface area contributed by atoms with E-state index >= 15 is 0 Å². The largest absolute Gasteiger partial charge is 0.497 e. The summed E-state index contributed by atoms with van der Waals surface area (Å²) in [5, 5.41) is 9.71. The van der Waals surface area contributed by atoms with Crippen molar-refractivity contribution in [2.24, 2.45) is 0 Å². The van der Waals surface area contributed by atoms with Crippen molar-refractivity contribution in [3.05, 3.63) is 186 Å². The molecule has 0 saturated heterocycles. The van der Waals surface area contributed by atoms with E-state index in [2.05, 4.69) is 183 Å². The third-order valence-corrected chi connectivity index (χ3v) is 9.84. The lowest BCUT2D eigenvalue weighted by Gasteiger charge is -2.29. The summed E-state index contributed by atoms with van der Waals surface area (Å²) in [5.74, 6) is 0.852. The summed E-state index contributed by atoms with van der Waals surface area (Å²) in [7, 11) is 1.71. The Morgan fingerprint density at radius 2 is 0.808 bits per heavy atom. The van der Waals surface area contributed by atoms with E-state index in [4.69, 9.17) is 4.74 Å². The topological polar surface area (TPSA) is 35.9 Å². The number of para-hydroxylation sites is 2. The first-order chi connectivity index (χ1) is 25.3. The number of aryl methyl sites for hydroxylation is 4. The molecule has 0 heterocycles.